The zero-order chi connectivity index (χ0) is 84.8. The number of anilines is 18. The van der Waals surface area contributed by atoms with Gasteiger partial charge in [-0.1, -0.05) is 65.6 Å². The molecule has 3 aliphatic rings. The lowest BCUT2D eigenvalue weighted by atomic mass is 9.94. The van der Waals surface area contributed by atoms with Crippen molar-refractivity contribution in [2.45, 2.75) is 68.2 Å². The van der Waals surface area contributed by atoms with E-state index in [0.717, 1.165) is 77.5 Å². The topological polar surface area (TPSA) is 335 Å². The molecule has 33 heteroatoms. The fourth-order valence-electron chi connectivity index (χ4n) is 12.6. The highest BCUT2D eigenvalue weighted by molar-refractivity contribution is 6.00. The van der Waals surface area contributed by atoms with E-state index in [9.17, 15) is 41.9 Å². The molecular weight excluding hydrogens is 1520 g/mol. The minimum Gasteiger partial charge on any atom is -0.494 e. The molecule has 0 bridgehead atoms. The zero-order valence-electron chi connectivity index (χ0n) is 67.6. The molecule has 12 rings (SSSR count). The number of ether oxygens (including phenoxy) is 3. The fraction of sp³-hybridized carbons (Fsp3) is 0.294. The van der Waals surface area contributed by atoms with E-state index >= 15 is 0 Å². The van der Waals surface area contributed by atoms with Crippen molar-refractivity contribution in [1.82, 2.24) is 44.6 Å². The number of carbonyl (C=O) groups is 6. The Morgan fingerprint density at radius 3 is 1.05 bits per heavy atom. The molecule has 0 atom stereocenters. The number of alkyl halides is 3. The van der Waals surface area contributed by atoms with E-state index in [1.165, 1.54) is 37.4 Å². The van der Waals surface area contributed by atoms with Crippen LogP contribution in [0.3, 0.4) is 0 Å². The molecule has 6 heterocycles. The van der Waals surface area contributed by atoms with E-state index in [1.54, 1.807) is 80.9 Å². The van der Waals surface area contributed by atoms with Gasteiger partial charge >= 0.3 is 6.36 Å². The molecule has 9 aromatic rings. The summed E-state index contributed by atoms with van der Waals surface area (Å²) >= 11 is 0. The molecule has 0 spiro atoms. The zero-order valence-corrected chi connectivity index (χ0v) is 67.6. The first-order valence-electron chi connectivity index (χ1n) is 38.0. The summed E-state index contributed by atoms with van der Waals surface area (Å²) in [5, 5.41) is 27.2. The molecule has 6 aromatic carbocycles. The third-order valence-corrected chi connectivity index (χ3v) is 18.9. The lowest BCUT2D eigenvalue weighted by Crippen LogP contribution is -2.51. The molecule has 9 N–H and O–H groups in total. The molecular formula is C85H98F3N21O9. The standard InChI is InChI=1S/C30H37N7O3.C28H33N7O3.C27H28F3N7O3/c1-7-26(38)32-21-9-8-10-22(17-21)33-27-20(2)19-31-29(35-27)34-24-12-11-23(18-25(24)40-6)36-13-15-37(16-14-36)28(39)30(3,4)5;1-5-25(36)30-20-8-7-9-21(16-20)31-27-19(3)18-29-28(33-27)32-23-11-10-22(17-24(23)38-4)34-12-14-35(15-13-34)26(37)6-2;1-4-24(39)32-19-6-5-7-20(14-19)33-25-17(2)16-31-26(35-25)34-22-9-8-21(15-23(22)40-27(28,29)30)37-12-10-36(11-13-37)18(3)38/h7-12,17-19H,1,13-16H2,2-6H3,(H,32,38)(H2,31,33,34,35);5,7-11,16-18H,1,6,12-15H2,2-4H3,(H,30,36)(H2,29,31,32,33);4-9,14-16H,1,10-13H2,2-3H3,(H,32,39)(H2,31,33,34,35). The van der Waals surface area contributed by atoms with Crippen molar-refractivity contribution in [1.29, 1.82) is 0 Å². The average molecular weight is 1610 g/mol. The van der Waals surface area contributed by atoms with Gasteiger partial charge < -0.3 is 91.5 Å². The third-order valence-electron chi connectivity index (χ3n) is 18.9. The SMILES string of the molecule is C=CC(=O)Nc1cccc(Nc2nc(Nc3ccc(N4CCN(C(=O)C(C)(C)C)CC4)cc3OC)ncc2C)c1.C=CC(=O)Nc1cccc(Nc2nc(Nc3ccc(N4CCN(C(=O)CC)CC4)cc3OC)ncc2C)c1.C=CC(=O)Nc1cccc(Nc2nc(Nc3ccc(N4CCN(C(C)=O)CC4)cc3OC(F)(F)F)ncc2C)c1. The van der Waals surface area contributed by atoms with Gasteiger partial charge in [0.2, 0.25) is 53.3 Å². The van der Waals surface area contributed by atoms with Gasteiger partial charge in [0.25, 0.3) is 0 Å². The number of carbonyl (C=O) groups excluding carboxylic acids is 6. The Morgan fingerprint density at radius 1 is 0.432 bits per heavy atom. The molecule has 6 amide bonds. The summed E-state index contributed by atoms with van der Waals surface area (Å²) in [6.07, 6.45) is 4.21. The van der Waals surface area contributed by atoms with Crippen molar-refractivity contribution in [3.8, 4) is 17.2 Å². The second-order valence-corrected chi connectivity index (χ2v) is 28.5. The number of nitrogens with zero attached hydrogens (tertiary/aromatic N) is 12. The van der Waals surface area contributed by atoms with Crippen molar-refractivity contribution in [3.05, 3.63) is 201 Å². The molecule has 3 aliphatic heterocycles. The molecule has 3 aromatic heterocycles. The smallest absolute Gasteiger partial charge is 0.494 e. The molecule has 0 unspecified atom stereocenters. The van der Waals surface area contributed by atoms with Crippen LogP contribution in [0.15, 0.2) is 184 Å². The van der Waals surface area contributed by atoms with Crippen LogP contribution >= 0.6 is 0 Å². The number of nitrogens with one attached hydrogen (secondary N) is 9. The molecule has 30 nitrogen and oxygen atoms in total. The largest absolute Gasteiger partial charge is 0.573 e. The number of hydrogen-bond donors (Lipinski definition) is 9. The monoisotopic (exact) mass is 1610 g/mol. The lowest BCUT2D eigenvalue weighted by Gasteiger charge is -2.38. The van der Waals surface area contributed by atoms with Crippen LogP contribution in [0, 0.1) is 26.2 Å². The second kappa shape index (κ2) is 39.8. The van der Waals surface area contributed by atoms with E-state index in [4.69, 9.17) is 9.47 Å². The number of piperazine rings is 3. The summed E-state index contributed by atoms with van der Waals surface area (Å²) in [7, 11) is 3.26. The first kappa shape index (κ1) is 86.4. The maximum Gasteiger partial charge on any atom is 0.573 e. The van der Waals surface area contributed by atoms with Crippen LogP contribution in [0.25, 0.3) is 0 Å². The van der Waals surface area contributed by atoms with Gasteiger partial charge in [-0.2, -0.15) is 15.0 Å². The molecule has 0 aliphatic carbocycles. The second-order valence-electron chi connectivity index (χ2n) is 28.5. The summed E-state index contributed by atoms with van der Waals surface area (Å²) in [5.74, 6) is 2.83. The maximum absolute atomic E-state index is 13.3. The predicted octanol–water partition coefficient (Wildman–Crippen LogP) is 14.5. The van der Waals surface area contributed by atoms with Crippen molar-refractivity contribution < 1.29 is 56.1 Å². The molecule has 618 valence electrons. The van der Waals surface area contributed by atoms with E-state index in [0.29, 0.717) is 134 Å². The Labute approximate surface area is 683 Å². The molecule has 3 fully saturated rings. The first-order valence-corrected chi connectivity index (χ1v) is 38.0. The quantitative estimate of drug-likeness (QED) is 0.0240. The summed E-state index contributed by atoms with van der Waals surface area (Å²) in [6.45, 7) is 33.0. The van der Waals surface area contributed by atoms with E-state index in [1.807, 2.05) is 129 Å². The highest BCUT2D eigenvalue weighted by Crippen LogP contribution is 2.39. The van der Waals surface area contributed by atoms with Crippen LogP contribution in [0.5, 0.6) is 17.2 Å². The van der Waals surface area contributed by atoms with Crippen molar-refractivity contribution in [2.75, 3.05) is 155 Å². The van der Waals surface area contributed by atoms with Gasteiger partial charge in [-0.25, -0.2) is 15.0 Å². The van der Waals surface area contributed by atoms with Crippen LogP contribution in [-0.2, 0) is 28.8 Å². The Balaban J connectivity index is 0.000000186. The Kier molecular flexibility index (Phi) is 29.2. The van der Waals surface area contributed by atoms with Crippen molar-refractivity contribution >= 4 is 139 Å². The van der Waals surface area contributed by atoms with Crippen LogP contribution in [0.1, 0.15) is 57.7 Å². The van der Waals surface area contributed by atoms with Crippen LogP contribution < -0.4 is 76.8 Å². The van der Waals surface area contributed by atoms with Gasteiger partial charge in [-0.3, -0.25) is 28.8 Å². The highest BCUT2D eigenvalue weighted by atomic mass is 19.4. The van der Waals surface area contributed by atoms with Gasteiger partial charge in [0.1, 0.15) is 29.0 Å². The minimum atomic E-state index is -4.92. The van der Waals surface area contributed by atoms with Crippen molar-refractivity contribution in [3.63, 3.8) is 0 Å². The normalized spacial score (nSPS) is 13.3. The summed E-state index contributed by atoms with van der Waals surface area (Å²) < 4.78 is 55.5. The first-order chi connectivity index (χ1) is 56.5. The van der Waals surface area contributed by atoms with Gasteiger partial charge in [-0.15, -0.1) is 13.2 Å². The highest BCUT2D eigenvalue weighted by Gasteiger charge is 2.34. The average Bonchev–Trinajstić information content (AvgIpc) is 0.818. The van der Waals surface area contributed by atoms with E-state index < -0.39 is 12.1 Å². The molecule has 3 saturated heterocycles. The number of rotatable bonds is 25. The van der Waals surface area contributed by atoms with Crippen molar-refractivity contribution in [2.24, 2.45) is 5.41 Å². The summed E-state index contributed by atoms with van der Waals surface area (Å²) in [4.78, 5) is 110. The van der Waals surface area contributed by atoms with Gasteiger partial charge in [-0.05, 0) is 130 Å². The van der Waals surface area contributed by atoms with E-state index in [2.05, 4.69) is 112 Å². The van der Waals surface area contributed by atoms with Crippen LogP contribution in [0.2, 0.25) is 0 Å². The van der Waals surface area contributed by atoms with E-state index in [-0.39, 0.29) is 52.5 Å². The van der Waals surface area contributed by atoms with Gasteiger partial charge in [0.15, 0.2) is 5.75 Å². The maximum atomic E-state index is 13.3. The van der Waals surface area contributed by atoms with Crippen LogP contribution in [0.4, 0.5) is 117 Å². The Hall–Kier alpha value is -14.0. The molecule has 0 radical (unpaired) electrons. The fourth-order valence-corrected chi connectivity index (χ4v) is 12.6. The molecule has 0 saturated carbocycles. The summed E-state index contributed by atoms with van der Waals surface area (Å²) in [5.41, 5.74) is 10.1. The van der Waals surface area contributed by atoms with Gasteiger partial charge in [0, 0.05) is 202 Å². The summed E-state index contributed by atoms with van der Waals surface area (Å²) in [6, 6.07) is 37.9. The number of benzene rings is 6. The molecule has 118 heavy (non-hydrogen) atoms. The van der Waals surface area contributed by atoms with Gasteiger partial charge in [0.05, 0.1) is 31.3 Å². The number of halogens is 3. The number of methoxy groups -OCH3 is 2. The van der Waals surface area contributed by atoms with Crippen LogP contribution in [-0.4, -0.2) is 179 Å². The number of hydrogen-bond acceptors (Lipinski definition) is 24. The minimum absolute atomic E-state index is 0.0207. The number of aromatic nitrogens is 6. The number of aryl methyl sites for hydroxylation is 3. The third kappa shape index (κ3) is 24.3. The Bertz CT molecular complexity index is 5120. The lowest BCUT2D eigenvalue weighted by molar-refractivity contribution is -0.274. The Morgan fingerprint density at radius 2 is 0.746 bits per heavy atom. The number of amides is 6. The predicted molar refractivity (Wildman–Crippen MR) is 457 cm³/mol.